The molecule has 2 N–H and O–H groups in total. The zero-order valence-electron chi connectivity index (χ0n) is 15.6. The molecule has 0 aromatic carbocycles. The summed E-state index contributed by atoms with van der Waals surface area (Å²) in [6, 6.07) is 0. The first-order valence-corrected chi connectivity index (χ1v) is 9.70. The van der Waals surface area contributed by atoms with Crippen molar-refractivity contribution in [2.24, 2.45) is 40.4 Å². The minimum Gasteiger partial charge on any atom is -0.462 e. The number of esters is 1. The van der Waals surface area contributed by atoms with Crippen LogP contribution in [-0.4, -0.2) is 40.3 Å². The molecule has 4 fully saturated rings. The Morgan fingerprint density at radius 3 is 2.36 bits per heavy atom. The Morgan fingerprint density at radius 2 is 1.68 bits per heavy atom. The molecule has 1 saturated heterocycles. The minimum absolute atomic E-state index is 0.0191. The molecule has 4 rings (SSSR count). The van der Waals surface area contributed by atoms with Crippen LogP contribution in [0.25, 0.3) is 0 Å². The first kappa shape index (κ1) is 17.5. The Balaban J connectivity index is 1.86. The standard InChI is InChI=1S/C20H30O5/c1-9-5-14(22)18(24)20(4)11(9)6-16-19(3)12(7-17(23)25-16)10(2)13(21)8-15(19)20/h9-13,15-16,18,21,24H,5-8H2,1-4H3/t9-,10?,11+,12+,13+,15+,16-,18+,19+,20+/m1/s1. The van der Waals surface area contributed by atoms with Crippen LogP contribution in [0.3, 0.4) is 0 Å². The van der Waals surface area contributed by atoms with Gasteiger partial charge >= 0.3 is 5.97 Å². The predicted molar refractivity (Wildman–Crippen MR) is 90.4 cm³/mol. The van der Waals surface area contributed by atoms with Gasteiger partial charge in [-0.3, -0.25) is 9.59 Å². The third-order valence-electron chi connectivity index (χ3n) is 8.74. The van der Waals surface area contributed by atoms with Crippen molar-refractivity contribution < 1.29 is 24.5 Å². The number of hydrogen-bond acceptors (Lipinski definition) is 5. The van der Waals surface area contributed by atoms with E-state index in [2.05, 4.69) is 13.8 Å². The lowest BCUT2D eigenvalue weighted by molar-refractivity contribution is -0.270. The molecule has 10 atom stereocenters. The lowest BCUT2D eigenvalue weighted by Gasteiger charge is -2.68. The largest absolute Gasteiger partial charge is 0.462 e. The van der Waals surface area contributed by atoms with Gasteiger partial charge in [0.2, 0.25) is 0 Å². The Morgan fingerprint density at radius 1 is 1.00 bits per heavy atom. The van der Waals surface area contributed by atoms with E-state index in [-0.39, 0.29) is 52.9 Å². The topological polar surface area (TPSA) is 83.8 Å². The van der Waals surface area contributed by atoms with Crippen LogP contribution in [-0.2, 0) is 14.3 Å². The second-order valence-electron chi connectivity index (χ2n) is 9.63. The van der Waals surface area contributed by atoms with Crippen molar-refractivity contribution in [3.8, 4) is 0 Å². The molecule has 1 heterocycles. The third kappa shape index (κ3) is 2.03. The molecule has 5 heteroatoms. The number of Topliss-reactive ketones (excluding diaryl/α,β-unsaturated/α-hetero) is 1. The molecule has 0 bridgehead atoms. The van der Waals surface area contributed by atoms with E-state index >= 15 is 0 Å². The average molecular weight is 350 g/mol. The van der Waals surface area contributed by atoms with E-state index in [0.29, 0.717) is 25.7 Å². The van der Waals surface area contributed by atoms with Crippen LogP contribution in [0.4, 0.5) is 0 Å². The molecule has 0 spiro atoms. The molecule has 3 saturated carbocycles. The van der Waals surface area contributed by atoms with E-state index in [0.717, 1.165) is 0 Å². The van der Waals surface area contributed by atoms with Crippen LogP contribution >= 0.6 is 0 Å². The van der Waals surface area contributed by atoms with Crippen molar-refractivity contribution in [2.75, 3.05) is 0 Å². The van der Waals surface area contributed by atoms with Gasteiger partial charge in [-0.05, 0) is 42.4 Å². The number of aliphatic hydroxyl groups is 2. The predicted octanol–water partition coefficient (Wildman–Crippen LogP) is 1.94. The van der Waals surface area contributed by atoms with Gasteiger partial charge < -0.3 is 14.9 Å². The number of fused-ring (bicyclic) bond motifs is 2. The highest BCUT2D eigenvalue weighted by Crippen LogP contribution is 2.68. The molecule has 0 radical (unpaired) electrons. The van der Waals surface area contributed by atoms with Gasteiger partial charge in [-0.2, -0.15) is 0 Å². The van der Waals surface area contributed by atoms with Crippen molar-refractivity contribution >= 4 is 11.8 Å². The molecule has 0 aromatic rings. The van der Waals surface area contributed by atoms with Crippen molar-refractivity contribution in [3.05, 3.63) is 0 Å². The van der Waals surface area contributed by atoms with Crippen LogP contribution in [0.2, 0.25) is 0 Å². The first-order chi connectivity index (χ1) is 11.6. The highest BCUT2D eigenvalue weighted by molar-refractivity contribution is 5.85. The molecule has 3 aliphatic carbocycles. The maximum absolute atomic E-state index is 12.5. The zero-order chi connectivity index (χ0) is 18.3. The number of carbonyl (C=O) groups excluding carboxylic acids is 2. The lowest BCUT2D eigenvalue weighted by atomic mass is 9.38. The number of ether oxygens (including phenoxy) is 1. The van der Waals surface area contributed by atoms with Gasteiger partial charge in [0, 0.05) is 23.7 Å². The molecule has 0 aromatic heterocycles. The SMILES string of the molecule is CC1[C@@H](O)C[C@H]2[C@@]3(C)[C@@H](C[C@H]4[C@H](C)CC(=O)[C@H](O)[C@]24C)OC(=O)C[C@@H]13. The summed E-state index contributed by atoms with van der Waals surface area (Å²) < 4.78 is 5.83. The average Bonchev–Trinajstić information content (AvgIpc) is 2.54. The summed E-state index contributed by atoms with van der Waals surface area (Å²) >= 11 is 0. The number of rotatable bonds is 0. The summed E-state index contributed by atoms with van der Waals surface area (Å²) in [5.74, 6) is 0.0447. The fourth-order valence-electron chi connectivity index (χ4n) is 7.31. The van der Waals surface area contributed by atoms with Gasteiger partial charge in [0.15, 0.2) is 5.78 Å². The molecular weight excluding hydrogens is 320 g/mol. The molecule has 4 aliphatic rings. The number of carbonyl (C=O) groups is 2. The lowest BCUT2D eigenvalue weighted by Crippen LogP contribution is -2.71. The molecular formula is C20H30O5. The van der Waals surface area contributed by atoms with Crippen LogP contribution in [0.15, 0.2) is 0 Å². The molecule has 140 valence electrons. The zero-order valence-corrected chi connectivity index (χ0v) is 15.6. The summed E-state index contributed by atoms with van der Waals surface area (Å²) in [4.78, 5) is 24.7. The fourth-order valence-corrected chi connectivity index (χ4v) is 7.31. The normalized spacial score (nSPS) is 58.2. The van der Waals surface area contributed by atoms with E-state index in [1.54, 1.807) is 0 Å². The second kappa shape index (κ2) is 5.29. The van der Waals surface area contributed by atoms with Gasteiger partial charge in [-0.25, -0.2) is 0 Å². The van der Waals surface area contributed by atoms with E-state index in [1.165, 1.54) is 0 Å². The molecule has 25 heavy (non-hydrogen) atoms. The van der Waals surface area contributed by atoms with Crippen LogP contribution < -0.4 is 0 Å². The molecule has 5 nitrogen and oxygen atoms in total. The number of ketones is 1. The van der Waals surface area contributed by atoms with Crippen LogP contribution in [0, 0.1) is 40.4 Å². The number of aliphatic hydroxyl groups excluding tert-OH is 2. The quantitative estimate of drug-likeness (QED) is 0.652. The molecule has 1 unspecified atom stereocenters. The molecule has 0 amide bonds. The smallest absolute Gasteiger partial charge is 0.306 e. The monoisotopic (exact) mass is 350 g/mol. The van der Waals surface area contributed by atoms with Crippen molar-refractivity contribution in [1.29, 1.82) is 0 Å². The Labute approximate surface area is 149 Å². The van der Waals surface area contributed by atoms with Crippen molar-refractivity contribution in [1.82, 2.24) is 0 Å². The highest BCUT2D eigenvalue weighted by Gasteiger charge is 2.70. The van der Waals surface area contributed by atoms with Crippen molar-refractivity contribution in [3.63, 3.8) is 0 Å². The fraction of sp³-hybridized carbons (Fsp3) is 0.900. The first-order valence-electron chi connectivity index (χ1n) is 9.70. The highest BCUT2D eigenvalue weighted by atomic mass is 16.5. The van der Waals surface area contributed by atoms with Crippen molar-refractivity contribution in [2.45, 2.75) is 71.7 Å². The summed E-state index contributed by atoms with van der Waals surface area (Å²) in [6.07, 6.45) is 0.294. The third-order valence-corrected chi connectivity index (χ3v) is 8.74. The van der Waals surface area contributed by atoms with E-state index < -0.39 is 17.6 Å². The summed E-state index contributed by atoms with van der Waals surface area (Å²) in [5.41, 5.74) is -0.862. The van der Waals surface area contributed by atoms with Gasteiger partial charge in [0.25, 0.3) is 0 Å². The summed E-state index contributed by atoms with van der Waals surface area (Å²) in [6.45, 7) is 8.29. The summed E-state index contributed by atoms with van der Waals surface area (Å²) in [7, 11) is 0. The Bertz CT molecular complexity index is 617. The van der Waals surface area contributed by atoms with Gasteiger partial charge in [-0.1, -0.05) is 27.7 Å². The Kier molecular flexibility index (Phi) is 3.70. The minimum atomic E-state index is -0.990. The maximum atomic E-state index is 12.5. The van der Waals surface area contributed by atoms with E-state index in [1.807, 2.05) is 13.8 Å². The second-order valence-corrected chi connectivity index (χ2v) is 9.63. The molecule has 1 aliphatic heterocycles. The summed E-state index contributed by atoms with van der Waals surface area (Å²) in [5, 5.41) is 21.7. The van der Waals surface area contributed by atoms with E-state index in [9.17, 15) is 19.8 Å². The van der Waals surface area contributed by atoms with Crippen LogP contribution in [0.5, 0.6) is 0 Å². The van der Waals surface area contributed by atoms with Crippen LogP contribution in [0.1, 0.15) is 53.4 Å². The van der Waals surface area contributed by atoms with Gasteiger partial charge in [0.05, 0.1) is 6.10 Å². The number of hydrogen-bond donors (Lipinski definition) is 2. The Hall–Kier alpha value is -0.940. The van der Waals surface area contributed by atoms with Gasteiger partial charge in [-0.15, -0.1) is 0 Å². The van der Waals surface area contributed by atoms with Gasteiger partial charge in [0.1, 0.15) is 12.2 Å². The maximum Gasteiger partial charge on any atom is 0.306 e. The van der Waals surface area contributed by atoms with E-state index in [4.69, 9.17) is 4.74 Å².